The van der Waals surface area contributed by atoms with Gasteiger partial charge in [-0.25, -0.2) is 12.4 Å². The smallest absolute Gasteiger partial charge is 0.263 e. The molecule has 10 heteroatoms. The fourth-order valence-electron chi connectivity index (χ4n) is 4.76. The van der Waals surface area contributed by atoms with Crippen LogP contribution in [0, 0.1) is 5.92 Å². The van der Waals surface area contributed by atoms with Crippen molar-refractivity contribution in [2.75, 3.05) is 7.05 Å². The van der Waals surface area contributed by atoms with Crippen LogP contribution in [0.5, 0.6) is 0 Å². The fourth-order valence-corrected chi connectivity index (χ4v) is 6.62. The van der Waals surface area contributed by atoms with Crippen molar-refractivity contribution in [2.24, 2.45) is 5.92 Å². The van der Waals surface area contributed by atoms with Crippen LogP contribution in [0.25, 0.3) is 10.9 Å². The molecule has 0 spiro atoms. The van der Waals surface area contributed by atoms with Crippen LogP contribution in [0.1, 0.15) is 53.0 Å². The SMILES string of the molecule is CNC(=O)c1cc(C(=O)NC2CC2)cn(Cc2cccc3c2ccn3S(=O)(=O)C2(C)C=CC=CC2C)c1=O. The number of hydrogen-bond donors (Lipinski definition) is 2. The minimum Gasteiger partial charge on any atom is -0.355 e. The van der Waals surface area contributed by atoms with Gasteiger partial charge in [-0.05, 0) is 49.4 Å². The molecular formula is C28H30N4O5S. The van der Waals surface area contributed by atoms with E-state index in [2.05, 4.69) is 10.6 Å². The van der Waals surface area contributed by atoms with Crippen LogP contribution in [0.2, 0.25) is 0 Å². The second kappa shape index (κ2) is 9.43. The van der Waals surface area contributed by atoms with E-state index in [9.17, 15) is 22.8 Å². The first kappa shape index (κ1) is 25.7. The summed E-state index contributed by atoms with van der Waals surface area (Å²) in [6.07, 6.45) is 12.0. The summed E-state index contributed by atoms with van der Waals surface area (Å²) >= 11 is 0. The van der Waals surface area contributed by atoms with Crippen LogP contribution in [0.4, 0.5) is 0 Å². The van der Waals surface area contributed by atoms with E-state index >= 15 is 0 Å². The maximum absolute atomic E-state index is 13.8. The monoisotopic (exact) mass is 534 g/mol. The minimum absolute atomic E-state index is 0.0467. The molecule has 2 atom stereocenters. The summed E-state index contributed by atoms with van der Waals surface area (Å²) in [5, 5.41) is 6.00. The van der Waals surface area contributed by atoms with Crippen LogP contribution in [0.3, 0.4) is 0 Å². The number of hydrogen-bond acceptors (Lipinski definition) is 5. The molecule has 2 N–H and O–H groups in total. The Labute approximate surface area is 220 Å². The number of carbonyl (C=O) groups excluding carboxylic acids is 2. The van der Waals surface area contributed by atoms with Crippen LogP contribution < -0.4 is 16.2 Å². The molecule has 198 valence electrons. The number of allylic oxidation sites excluding steroid dienone is 3. The van der Waals surface area contributed by atoms with Crippen molar-refractivity contribution < 1.29 is 18.0 Å². The Morgan fingerprint density at radius 1 is 1.13 bits per heavy atom. The lowest BCUT2D eigenvalue weighted by Gasteiger charge is -2.32. The number of nitrogens with zero attached hydrogens (tertiary/aromatic N) is 2. The van der Waals surface area contributed by atoms with Gasteiger partial charge >= 0.3 is 0 Å². The molecule has 2 aliphatic rings. The number of pyridine rings is 1. The highest BCUT2D eigenvalue weighted by Gasteiger charge is 2.43. The average Bonchev–Trinajstić information content (AvgIpc) is 3.60. The normalized spacial score (nSPS) is 21.0. The van der Waals surface area contributed by atoms with Gasteiger partial charge in [0.15, 0.2) is 0 Å². The predicted molar refractivity (Wildman–Crippen MR) is 146 cm³/mol. The Bertz CT molecular complexity index is 1680. The van der Waals surface area contributed by atoms with E-state index in [1.807, 2.05) is 19.1 Å². The molecule has 2 unspecified atom stereocenters. The summed E-state index contributed by atoms with van der Waals surface area (Å²) in [6.45, 7) is 3.63. The predicted octanol–water partition coefficient (Wildman–Crippen LogP) is 2.80. The quantitative estimate of drug-likeness (QED) is 0.483. The number of nitrogens with one attached hydrogen (secondary N) is 2. The van der Waals surface area contributed by atoms with E-state index in [0.29, 0.717) is 16.5 Å². The molecule has 2 amide bonds. The molecule has 9 nitrogen and oxygen atoms in total. The summed E-state index contributed by atoms with van der Waals surface area (Å²) in [6, 6.07) is 8.40. The van der Waals surface area contributed by atoms with Gasteiger partial charge in [-0.15, -0.1) is 0 Å². The minimum atomic E-state index is -3.83. The maximum Gasteiger partial charge on any atom is 0.263 e. The molecule has 3 aromatic rings. The topological polar surface area (TPSA) is 119 Å². The van der Waals surface area contributed by atoms with E-state index in [1.54, 1.807) is 43.3 Å². The molecule has 0 radical (unpaired) electrons. The highest BCUT2D eigenvalue weighted by Crippen LogP contribution is 2.35. The Morgan fingerprint density at radius 3 is 2.58 bits per heavy atom. The van der Waals surface area contributed by atoms with Crippen molar-refractivity contribution in [2.45, 2.75) is 44.0 Å². The average molecular weight is 535 g/mol. The van der Waals surface area contributed by atoms with Gasteiger partial charge in [-0.3, -0.25) is 14.4 Å². The van der Waals surface area contributed by atoms with Crippen molar-refractivity contribution in [3.8, 4) is 0 Å². The summed E-state index contributed by atoms with van der Waals surface area (Å²) in [5.74, 6) is -1.17. The molecule has 2 aromatic heterocycles. The third-order valence-electron chi connectivity index (χ3n) is 7.52. The second-order valence-electron chi connectivity index (χ2n) is 10.1. The van der Waals surface area contributed by atoms with Crippen molar-refractivity contribution in [1.82, 2.24) is 19.2 Å². The van der Waals surface area contributed by atoms with Crippen molar-refractivity contribution in [1.29, 1.82) is 0 Å². The molecule has 5 rings (SSSR count). The Kier molecular flexibility index (Phi) is 6.38. The molecule has 1 aromatic carbocycles. The van der Waals surface area contributed by atoms with E-state index in [4.69, 9.17) is 0 Å². The standard InChI is InChI=1S/C28H30N4O5S/c1-18-7-4-5-13-28(18,2)38(36,37)32-14-12-22-19(8-6-9-24(22)32)16-31-17-20(25(33)30-21-10-11-21)15-23(27(31)35)26(34)29-3/h4-9,12-15,17-18,21H,10-11,16H2,1-3H3,(H,29,34)(H,30,33). The van der Waals surface area contributed by atoms with E-state index in [1.165, 1.54) is 34.0 Å². The summed E-state index contributed by atoms with van der Waals surface area (Å²) in [4.78, 5) is 38.4. The van der Waals surface area contributed by atoms with E-state index < -0.39 is 26.2 Å². The van der Waals surface area contributed by atoms with Gasteiger partial charge in [0.25, 0.3) is 17.4 Å². The molecule has 0 saturated heterocycles. The van der Waals surface area contributed by atoms with Crippen LogP contribution in [0.15, 0.2) is 71.8 Å². The number of carbonyl (C=O) groups is 2. The van der Waals surface area contributed by atoms with Crippen LogP contribution in [-0.4, -0.2) is 46.6 Å². The van der Waals surface area contributed by atoms with Crippen LogP contribution >= 0.6 is 0 Å². The Balaban J connectivity index is 1.57. The lowest BCUT2D eigenvalue weighted by molar-refractivity contribution is 0.0950. The molecule has 1 saturated carbocycles. The van der Waals surface area contributed by atoms with Gasteiger partial charge in [0, 0.05) is 30.9 Å². The fraction of sp³-hybridized carbons (Fsp3) is 0.321. The van der Waals surface area contributed by atoms with Gasteiger partial charge in [0.1, 0.15) is 10.3 Å². The molecule has 1 fully saturated rings. The Hall–Kier alpha value is -3.92. The van der Waals surface area contributed by atoms with Gasteiger partial charge in [-0.2, -0.15) is 0 Å². The maximum atomic E-state index is 13.8. The number of benzene rings is 1. The molecule has 2 heterocycles. The zero-order chi connectivity index (χ0) is 27.2. The van der Waals surface area contributed by atoms with Crippen molar-refractivity contribution in [3.05, 3.63) is 94.1 Å². The summed E-state index contributed by atoms with van der Waals surface area (Å²) in [5.41, 5.74) is 0.695. The molecular weight excluding hydrogens is 504 g/mol. The molecule has 0 aliphatic heterocycles. The van der Waals surface area contributed by atoms with E-state index in [0.717, 1.165) is 12.8 Å². The number of aromatic nitrogens is 2. The lowest BCUT2D eigenvalue weighted by Crippen LogP contribution is -2.43. The second-order valence-corrected chi connectivity index (χ2v) is 12.3. The first-order chi connectivity index (χ1) is 18.1. The third-order valence-corrected chi connectivity index (χ3v) is 9.97. The van der Waals surface area contributed by atoms with Crippen molar-refractivity contribution >= 4 is 32.7 Å². The van der Waals surface area contributed by atoms with Crippen LogP contribution in [-0.2, 0) is 16.6 Å². The number of fused-ring (bicyclic) bond motifs is 1. The number of amides is 2. The highest BCUT2D eigenvalue weighted by atomic mass is 32.2. The van der Waals surface area contributed by atoms with Crippen molar-refractivity contribution in [3.63, 3.8) is 0 Å². The third kappa shape index (κ3) is 4.28. The largest absolute Gasteiger partial charge is 0.355 e. The Morgan fingerprint density at radius 2 is 1.89 bits per heavy atom. The molecule has 0 bridgehead atoms. The number of rotatable bonds is 7. The van der Waals surface area contributed by atoms with Gasteiger partial charge < -0.3 is 15.2 Å². The lowest BCUT2D eigenvalue weighted by atomic mass is 9.91. The summed E-state index contributed by atoms with van der Waals surface area (Å²) < 4.78 is 29.1. The summed E-state index contributed by atoms with van der Waals surface area (Å²) in [7, 11) is -2.41. The van der Waals surface area contributed by atoms with E-state index in [-0.39, 0.29) is 35.5 Å². The zero-order valence-electron chi connectivity index (χ0n) is 21.5. The molecule has 38 heavy (non-hydrogen) atoms. The van der Waals surface area contributed by atoms with Gasteiger partial charge in [0.05, 0.1) is 17.6 Å². The highest BCUT2D eigenvalue weighted by molar-refractivity contribution is 7.91. The van der Waals surface area contributed by atoms with Gasteiger partial charge in [-0.1, -0.05) is 43.4 Å². The first-order valence-electron chi connectivity index (χ1n) is 12.5. The first-order valence-corrected chi connectivity index (χ1v) is 14.0. The van der Waals surface area contributed by atoms with Gasteiger partial charge in [0.2, 0.25) is 10.0 Å². The zero-order valence-corrected chi connectivity index (χ0v) is 22.3. The molecule has 2 aliphatic carbocycles.